The van der Waals surface area contributed by atoms with Crippen molar-refractivity contribution in [2.75, 3.05) is 6.16 Å². The van der Waals surface area contributed by atoms with Gasteiger partial charge in [-0.2, -0.15) is 0 Å². The van der Waals surface area contributed by atoms with Gasteiger partial charge in [-0.05, 0) is 12.0 Å². The third-order valence-electron chi connectivity index (χ3n) is 1.95. The number of hydrogen-bond donors (Lipinski definition) is 2. The molecule has 0 fully saturated rings. The molecule has 2 unspecified atom stereocenters. The van der Waals surface area contributed by atoms with Gasteiger partial charge in [0, 0.05) is 41.8 Å². The van der Waals surface area contributed by atoms with Crippen LogP contribution in [0.25, 0.3) is 0 Å². The summed E-state index contributed by atoms with van der Waals surface area (Å²) in [5.41, 5.74) is 6.61. The van der Waals surface area contributed by atoms with Gasteiger partial charge in [0.2, 0.25) is 0 Å². The minimum atomic E-state index is -4.17. The van der Waals surface area contributed by atoms with Crippen LogP contribution in [0.15, 0.2) is 30.3 Å². The van der Waals surface area contributed by atoms with E-state index in [0.29, 0.717) is 0 Å². The fraction of sp³-hybridized carbons (Fsp3) is 0.333. The molecule has 0 aliphatic rings. The molecule has 1 aromatic carbocycles. The fourth-order valence-electron chi connectivity index (χ4n) is 1.17. The fourth-order valence-corrected chi connectivity index (χ4v) is 1.77. The molecule has 3 N–H and O–H groups in total. The van der Waals surface area contributed by atoms with Crippen LogP contribution >= 0.6 is 7.60 Å². The quantitative estimate of drug-likeness (QED) is 0.454. The summed E-state index contributed by atoms with van der Waals surface area (Å²) in [7, 11) is -4.17. The molecule has 0 spiro atoms. The van der Waals surface area contributed by atoms with E-state index in [4.69, 9.17) is 10.6 Å². The molecule has 2 atom stereocenters. The molecule has 0 saturated heterocycles. The SMILES string of the molecule is NC(CCP(=O)([O-])O)c1ccccc1.[Na+].[Na]. The summed E-state index contributed by atoms with van der Waals surface area (Å²) in [4.78, 5) is 19.1. The normalized spacial score (nSPS) is 15.2. The van der Waals surface area contributed by atoms with Crippen molar-refractivity contribution in [2.24, 2.45) is 5.73 Å². The Balaban J connectivity index is 0. The number of nitrogens with two attached hydrogens (primary N) is 1. The molecule has 1 aromatic rings. The van der Waals surface area contributed by atoms with Gasteiger partial charge in [-0.25, -0.2) is 0 Å². The van der Waals surface area contributed by atoms with Crippen molar-refractivity contribution in [3.05, 3.63) is 35.9 Å². The van der Waals surface area contributed by atoms with Crippen molar-refractivity contribution in [3.63, 3.8) is 0 Å². The second-order valence-corrected chi connectivity index (χ2v) is 4.89. The van der Waals surface area contributed by atoms with Crippen LogP contribution in [-0.4, -0.2) is 40.6 Å². The third kappa shape index (κ3) is 8.43. The Labute approximate surface area is 140 Å². The molecule has 0 aliphatic heterocycles. The van der Waals surface area contributed by atoms with Crippen molar-refractivity contribution in [1.29, 1.82) is 0 Å². The summed E-state index contributed by atoms with van der Waals surface area (Å²) < 4.78 is 10.5. The summed E-state index contributed by atoms with van der Waals surface area (Å²) in [6, 6.07) is 8.86. The van der Waals surface area contributed by atoms with Crippen molar-refractivity contribution < 1.29 is 43.9 Å². The minimum absolute atomic E-state index is 0. The van der Waals surface area contributed by atoms with Crippen LogP contribution in [-0.2, 0) is 4.57 Å². The second-order valence-electron chi connectivity index (χ2n) is 3.17. The van der Waals surface area contributed by atoms with Gasteiger partial charge >= 0.3 is 29.6 Å². The standard InChI is InChI=1S/C9H14NO3P.2Na/c10-9(6-7-14(11,12)13)8-4-2-1-3-5-8;;/h1-5,9H,6-7,10H2,(H2,11,12,13);;/q;;+1/p-1. The van der Waals surface area contributed by atoms with Crippen LogP contribution in [0.4, 0.5) is 0 Å². The molecule has 0 aliphatic carbocycles. The van der Waals surface area contributed by atoms with Crippen LogP contribution in [0.2, 0.25) is 0 Å². The van der Waals surface area contributed by atoms with Gasteiger partial charge < -0.3 is 20.1 Å². The molecule has 1 rings (SSSR count). The molecule has 7 heteroatoms. The molecule has 4 nitrogen and oxygen atoms in total. The van der Waals surface area contributed by atoms with Crippen LogP contribution in [0.3, 0.4) is 0 Å². The van der Waals surface area contributed by atoms with E-state index in [-0.39, 0.29) is 77.7 Å². The van der Waals surface area contributed by atoms with Crippen molar-refractivity contribution >= 4 is 37.2 Å². The third-order valence-corrected chi connectivity index (χ3v) is 2.77. The van der Waals surface area contributed by atoms with E-state index in [1.165, 1.54) is 0 Å². The zero-order chi connectivity index (χ0) is 10.6. The molecule has 1 radical (unpaired) electrons. The Kier molecular flexibility index (Phi) is 11.4. The largest absolute Gasteiger partial charge is 1.00 e. The van der Waals surface area contributed by atoms with Gasteiger partial charge in [-0.3, -0.25) is 0 Å². The van der Waals surface area contributed by atoms with E-state index in [0.717, 1.165) is 5.56 Å². The van der Waals surface area contributed by atoms with E-state index < -0.39 is 7.60 Å². The second kappa shape index (κ2) is 9.29. The Morgan fingerprint density at radius 1 is 1.38 bits per heavy atom. The first-order valence-electron chi connectivity index (χ1n) is 4.32. The van der Waals surface area contributed by atoms with Crippen molar-refractivity contribution in [2.45, 2.75) is 12.5 Å². The average Bonchev–Trinajstić information content (AvgIpc) is 2.14. The molecule has 0 saturated carbocycles. The Morgan fingerprint density at radius 3 is 2.31 bits per heavy atom. The first kappa shape index (κ1) is 19.7. The number of benzene rings is 1. The van der Waals surface area contributed by atoms with Gasteiger partial charge in [0.25, 0.3) is 0 Å². The first-order valence-corrected chi connectivity index (χ1v) is 6.09. The van der Waals surface area contributed by atoms with Crippen LogP contribution in [0, 0.1) is 0 Å². The maximum Gasteiger partial charge on any atom is 1.00 e. The van der Waals surface area contributed by atoms with Crippen molar-refractivity contribution in [1.82, 2.24) is 0 Å². The van der Waals surface area contributed by atoms with Gasteiger partial charge in [0.15, 0.2) is 0 Å². The molecule has 79 valence electrons. The van der Waals surface area contributed by atoms with Gasteiger partial charge in [-0.15, -0.1) is 0 Å². The minimum Gasteiger partial charge on any atom is -0.779 e. The molecular weight excluding hydrogens is 247 g/mol. The van der Waals surface area contributed by atoms with Crippen LogP contribution in [0.1, 0.15) is 18.0 Å². The van der Waals surface area contributed by atoms with Gasteiger partial charge in [0.05, 0.1) is 0 Å². The van der Waals surface area contributed by atoms with E-state index in [9.17, 15) is 9.46 Å². The van der Waals surface area contributed by atoms with Crippen LogP contribution < -0.4 is 40.2 Å². The zero-order valence-electron chi connectivity index (χ0n) is 9.67. The smallest absolute Gasteiger partial charge is 0.779 e. The summed E-state index contributed by atoms with van der Waals surface area (Å²) >= 11 is 0. The first-order chi connectivity index (χ1) is 6.49. The maximum absolute atomic E-state index is 10.5. The summed E-state index contributed by atoms with van der Waals surface area (Å²) in [6.07, 6.45) is -0.0373. The molecule has 0 amide bonds. The Morgan fingerprint density at radius 2 is 1.88 bits per heavy atom. The summed E-state index contributed by atoms with van der Waals surface area (Å²) in [5.74, 6) is 0. The summed E-state index contributed by atoms with van der Waals surface area (Å²) in [5, 5.41) is 0. The van der Waals surface area contributed by atoms with E-state index in [2.05, 4.69) is 0 Å². The van der Waals surface area contributed by atoms with Crippen LogP contribution in [0.5, 0.6) is 0 Å². The number of rotatable bonds is 4. The molecule has 0 aromatic heterocycles. The van der Waals surface area contributed by atoms with Gasteiger partial charge in [0.1, 0.15) is 7.60 Å². The molecular formula is C9H13NNa2O3P. The molecule has 0 heterocycles. The Hall–Kier alpha value is 1.33. The van der Waals surface area contributed by atoms with E-state index >= 15 is 0 Å². The monoisotopic (exact) mass is 260 g/mol. The topological polar surface area (TPSA) is 86.4 Å². The Bertz CT molecular complexity index is 331. The average molecular weight is 260 g/mol. The zero-order valence-corrected chi connectivity index (χ0v) is 14.6. The van der Waals surface area contributed by atoms with E-state index in [1.807, 2.05) is 30.3 Å². The summed E-state index contributed by atoms with van der Waals surface area (Å²) in [6.45, 7) is 0. The predicted octanol–water partition coefficient (Wildman–Crippen LogP) is -2.75. The number of hydrogen-bond acceptors (Lipinski definition) is 3. The van der Waals surface area contributed by atoms with Crippen molar-refractivity contribution in [3.8, 4) is 0 Å². The van der Waals surface area contributed by atoms with E-state index in [1.54, 1.807) is 0 Å². The predicted molar refractivity (Wildman–Crippen MR) is 58.4 cm³/mol. The molecule has 16 heavy (non-hydrogen) atoms. The molecule has 0 bridgehead atoms. The maximum atomic E-state index is 10.5. The van der Waals surface area contributed by atoms with Gasteiger partial charge in [-0.1, -0.05) is 30.3 Å².